The Bertz CT molecular complexity index is 205. The molecule has 0 radical (unpaired) electrons. The summed E-state index contributed by atoms with van der Waals surface area (Å²) in [5.41, 5.74) is 1.59. The number of hydrogen-bond donors (Lipinski definition) is 0. The van der Waals surface area contributed by atoms with Gasteiger partial charge in [0.1, 0.15) is 13.1 Å². The maximum Gasteiger partial charge on any atom is 0.166 e. The zero-order chi connectivity index (χ0) is 8.23. The minimum Gasteiger partial charge on any atom is -0.236 e. The van der Waals surface area contributed by atoms with Gasteiger partial charge < -0.3 is 0 Å². The van der Waals surface area contributed by atoms with Crippen LogP contribution in [-0.4, -0.2) is 23.9 Å². The van der Waals surface area contributed by atoms with Crippen molar-refractivity contribution in [2.45, 2.75) is 38.5 Å². The second-order valence-electron chi connectivity index (χ2n) is 3.90. The molecule has 1 fully saturated rings. The average molecular weight is 164 g/mol. The molecule has 0 aromatic rings. The van der Waals surface area contributed by atoms with Crippen LogP contribution in [0.3, 0.4) is 0 Å². The summed E-state index contributed by atoms with van der Waals surface area (Å²) in [6.45, 7) is 2.58. The van der Waals surface area contributed by atoms with Gasteiger partial charge in [0.25, 0.3) is 0 Å². The van der Waals surface area contributed by atoms with Crippen molar-refractivity contribution in [2.24, 2.45) is 0 Å². The van der Waals surface area contributed by atoms with Crippen molar-refractivity contribution < 1.29 is 4.58 Å². The number of rotatable bonds is 1. The summed E-state index contributed by atoms with van der Waals surface area (Å²) in [7, 11) is 0. The molecule has 2 rings (SSSR count). The van der Waals surface area contributed by atoms with Gasteiger partial charge in [0.2, 0.25) is 0 Å². The van der Waals surface area contributed by atoms with Crippen molar-refractivity contribution in [1.82, 2.24) is 0 Å². The van der Waals surface area contributed by atoms with Crippen molar-refractivity contribution in [3.05, 3.63) is 11.6 Å². The third kappa shape index (κ3) is 1.96. The van der Waals surface area contributed by atoms with Crippen LogP contribution < -0.4 is 0 Å². The van der Waals surface area contributed by atoms with E-state index in [1.165, 1.54) is 51.6 Å². The maximum atomic E-state index is 2.48. The lowest BCUT2D eigenvalue weighted by molar-refractivity contribution is -0.501. The quantitative estimate of drug-likeness (QED) is 0.523. The topological polar surface area (TPSA) is 3.01 Å². The Balaban J connectivity index is 1.99. The Hall–Kier alpha value is -0.590. The maximum absolute atomic E-state index is 2.48. The molecule has 0 bridgehead atoms. The third-order valence-corrected chi connectivity index (χ3v) is 2.82. The van der Waals surface area contributed by atoms with Crippen molar-refractivity contribution in [2.75, 3.05) is 13.1 Å². The second-order valence-corrected chi connectivity index (χ2v) is 3.90. The van der Waals surface area contributed by atoms with Crippen molar-refractivity contribution >= 4 is 6.21 Å². The normalized spacial score (nSPS) is 24.0. The van der Waals surface area contributed by atoms with E-state index in [-0.39, 0.29) is 0 Å². The van der Waals surface area contributed by atoms with Gasteiger partial charge in [-0.3, -0.25) is 0 Å². The molecule has 1 nitrogen and oxygen atoms in total. The number of nitrogens with zero attached hydrogens (tertiary/aromatic N) is 1. The first-order valence-corrected chi connectivity index (χ1v) is 5.23. The molecular weight excluding hydrogens is 146 g/mol. The summed E-state index contributed by atoms with van der Waals surface area (Å²) in [6.07, 6.45) is 13.0. The highest BCUT2D eigenvalue weighted by atomic mass is 15.0. The van der Waals surface area contributed by atoms with Crippen LogP contribution in [0.4, 0.5) is 0 Å². The van der Waals surface area contributed by atoms with Crippen LogP contribution in [0.1, 0.15) is 38.5 Å². The van der Waals surface area contributed by atoms with Gasteiger partial charge >= 0.3 is 0 Å². The Kier molecular flexibility index (Phi) is 2.60. The number of allylic oxidation sites excluding steroid dienone is 2. The van der Waals surface area contributed by atoms with Gasteiger partial charge in [-0.1, -0.05) is 6.08 Å². The smallest absolute Gasteiger partial charge is 0.166 e. The summed E-state index contributed by atoms with van der Waals surface area (Å²) in [6, 6.07) is 0. The summed E-state index contributed by atoms with van der Waals surface area (Å²) in [5.74, 6) is 0. The van der Waals surface area contributed by atoms with Gasteiger partial charge in [-0.05, 0) is 25.7 Å². The predicted octanol–water partition coefficient (Wildman–Crippen LogP) is 2.36. The van der Waals surface area contributed by atoms with Gasteiger partial charge in [0.15, 0.2) is 6.21 Å². The molecule has 66 valence electrons. The zero-order valence-electron chi connectivity index (χ0n) is 7.76. The molecule has 0 aromatic carbocycles. The van der Waals surface area contributed by atoms with Gasteiger partial charge in [0.05, 0.1) is 0 Å². The molecule has 12 heavy (non-hydrogen) atoms. The average Bonchev–Trinajstić information content (AvgIpc) is 2.59. The Morgan fingerprint density at radius 3 is 2.58 bits per heavy atom. The Morgan fingerprint density at radius 2 is 1.92 bits per heavy atom. The summed E-state index contributed by atoms with van der Waals surface area (Å²) in [4.78, 5) is 0. The fourth-order valence-corrected chi connectivity index (χ4v) is 2.09. The van der Waals surface area contributed by atoms with E-state index in [0.717, 1.165) is 0 Å². The van der Waals surface area contributed by atoms with Gasteiger partial charge in [-0.15, -0.1) is 0 Å². The Morgan fingerprint density at radius 1 is 1.08 bits per heavy atom. The molecular formula is C11H18N+. The first kappa shape index (κ1) is 8.03. The highest BCUT2D eigenvalue weighted by Crippen LogP contribution is 2.16. The van der Waals surface area contributed by atoms with E-state index < -0.39 is 0 Å². The fraction of sp³-hybridized carbons (Fsp3) is 0.727. The number of hydrogen-bond acceptors (Lipinski definition) is 0. The van der Waals surface area contributed by atoms with Crippen molar-refractivity contribution in [1.29, 1.82) is 0 Å². The largest absolute Gasteiger partial charge is 0.236 e. The molecule has 0 saturated carbocycles. The van der Waals surface area contributed by atoms with Crippen molar-refractivity contribution in [3.63, 3.8) is 0 Å². The molecule has 1 heteroatoms. The minimum absolute atomic E-state index is 1.29. The molecule has 1 aliphatic carbocycles. The van der Waals surface area contributed by atoms with Crippen LogP contribution in [0.25, 0.3) is 0 Å². The van der Waals surface area contributed by atoms with E-state index in [0.29, 0.717) is 0 Å². The highest BCUT2D eigenvalue weighted by Gasteiger charge is 2.13. The van der Waals surface area contributed by atoms with Crippen LogP contribution >= 0.6 is 0 Å². The van der Waals surface area contributed by atoms with E-state index in [9.17, 15) is 0 Å². The molecule has 0 spiro atoms. The lowest BCUT2D eigenvalue weighted by Gasteiger charge is -2.06. The SMILES string of the molecule is C1=C(C=[N+]2CCCC2)CCCC1. The van der Waals surface area contributed by atoms with Gasteiger partial charge in [-0.25, -0.2) is 4.58 Å². The first-order chi connectivity index (χ1) is 5.95. The van der Waals surface area contributed by atoms with Crippen LogP contribution in [0, 0.1) is 0 Å². The van der Waals surface area contributed by atoms with E-state index in [4.69, 9.17) is 0 Å². The lowest BCUT2D eigenvalue weighted by Crippen LogP contribution is -2.09. The van der Waals surface area contributed by atoms with E-state index in [1.54, 1.807) is 5.57 Å². The lowest BCUT2D eigenvalue weighted by atomic mass is 10.0. The molecule has 1 saturated heterocycles. The van der Waals surface area contributed by atoms with Crippen LogP contribution in [-0.2, 0) is 0 Å². The van der Waals surface area contributed by atoms with E-state index in [2.05, 4.69) is 16.9 Å². The van der Waals surface area contributed by atoms with Crippen LogP contribution in [0.5, 0.6) is 0 Å². The molecule has 0 amide bonds. The van der Waals surface area contributed by atoms with E-state index in [1.807, 2.05) is 0 Å². The summed E-state index contributed by atoms with van der Waals surface area (Å²) < 4.78 is 2.48. The third-order valence-electron chi connectivity index (χ3n) is 2.82. The molecule has 2 aliphatic rings. The minimum atomic E-state index is 1.29. The van der Waals surface area contributed by atoms with Crippen molar-refractivity contribution in [3.8, 4) is 0 Å². The molecule has 0 N–H and O–H groups in total. The zero-order valence-corrected chi connectivity index (χ0v) is 7.76. The molecule has 1 aliphatic heterocycles. The molecule has 1 heterocycles. The van der Waals surface area contributed by atoms with Crippen LogP contribution in [0.2, 0.25) is 0 Å². The summed E-state index contributed by atoms with van der Waals surface area (Å²) in [5, 5.41) is 0. The highest BCUT2D eigenvalue weighted by molar-refractivity contribution is 5.74. The summed E-state index contributed by atoms with van der Waals surface area (Å²) >= 11 is 0. The molecule has 0 unspecified atom stereocenters. The first-order valence-electron chi connectivity index (χ1n) is 5.23. The standard InChI is InChI=1S/C11H18N/c1-2-6-11(7-3-1)10-12-8-4-5-9-12/h6,10H,1-5,7-9H2/q+1. The van der Waals surface area contributed by atoms with Crippen LogP contribution in [0.15, 0.2) is 11.6 Å². The monoisotopic (exact) mass is 164 g/mol. The molecule has 0 atom stereocenters. The fourth-order valence-electron chi connectivity index (χ4n) is 2.09. The van der Waals surface area contributed by atoms with Gasteiger partial charge in [0, 0.05) is 18.4 Å². The predicted molar refractivity (Wildman–Crippen MR) is 51.8 cm³/mol. The Labute approximate surface area is 74.8 Å². The van der Waals surface area contributed by atoms with Gasteiger partial charge in [-0.2, -0.15) is 0 Å². The second kappa shape index (κ2) is 3.88. The van der Waals surface area contributed by atoms with E-state index >= 15 is 0 Å². The molecule has 0 aromatic heterocycles.